The van der Waals surface area contributed by atoms with Crippen LogP contribution in [0, 0.1) is 5.92 Å². The lowest BCUT2D eigenvalue weighted by Gasteiger charge is -2.35. The summed E-state index contributed by atoms with van der Waals surface area (Å²) in [6.45, 7) is 2.17. The van der Waals surface area contributed by atoms with Gasteiger partial charge in [-0.25, -0.2) is 0 Å². The number of hydrogen-bond donors (Lipinski definition) is 1. The fraction of sp³-hybridized carbons (Fsp3) is 0.929. The fourth-order valence-corrected chi connectivity index (χ4v) is 2.98. The molecule has 0 heterocycles. The lowest BCUT2D eigenvalue weighted by molar-refractivity contribution is -0.133. The van der Waals surface area contributed by atoms with Crippen LogP contribution in [0.5, 0.6) is 0 Å². The molecule has 0 aromatic rings. The molecule has 0 aliphatic heterocycles. The first kappa shape index (κ1) is 12.9. The number of hydrogen-bond acceptors (Lipinski definition) is 2. The average Bonchev–Trinajstić information content (AvgIpc) is 3.11. The molecule has 2 aliphatic rings. The Morgan fingerprint density at radius 3 is 2.47 bits per heavy atom. The van der Waals surface area contributed by atoms with Crippen molar-refractivity contribution in [2.24, 2.45) is 11.7 Å². The van der Waals surface area contributed by atoms with Gasteiger partial charge in [0.2, 0.25) is 5.91 Å². The second-order valence-electron chi connectivity index (χ2n) is 6.18. The summed E-state index contributed by atoms with van der Waals surface area (Å²) in [5.41, 5.74) is 6.13. The molecule has 98 valence electrons. The maximum atomic E-state index is 12.2. The van der Waals surface area contributed by atoms with Crippen LogP contribution >= 0.6 is 0 Å². The van der Waals surface area contributed by atoms with Crippen molar-refractivity contribution in [3.8, 4) is 0 Å². The first-order valence-corrected chi connectivity index (χ1v) is 7.06. The van der Waals surface area contributed by atoms with Gasteiger partial charge in [-0.2, -0.15) is 0 Å². The average molecular weight is 238 g/mol. The monoisotopic (exact) mass is 238 g/mol. The summed E-state index contributed by atoms with van der Waals surface area (Å²) < 4.78 is 0. The molecule has 0 bridgehead atoms. The van der Waals surface area contributed by atoms with Crippen molar-refractivity contribution in [1.82, 2.24) is 4.90 Å². The predicted molar refractivity (Wildman–Crippen MR) is 69.6 cm³/mol. The Labute approximate surface area is 105 Å². The summed E-state index contributed by atoms with van der Waals surface area (Å²) >= 11 is 0. The summed E-state index contributed by atoms with van der Waals surface area (Å²) in [4.78, 5) is 14.2. The Kier molecular flexibility index (Phi) is 3.76. The van der Waals surface area contributed by atoms with Crippen LogP contribution in [0.3, 0.4) is 0 Å². The van der Waals surface area contributed by atoms with Crippen molar-refractivity contribution in [3.05, 3.63) is 0 Å². The van der Waals surface area contributed by atoms with Gasteiger partial charge >= 0.3 is 0 Å². The number of nitrogens with two attached hydrogens (primary N) is 1. The topological polar surface area (TPSA) is 46.3 Å². The van der Waals surface area contributed by atoms with E-state index in [0.717, 1.165) is 18.8 Å². The molecule has 0 saturated heterocycles. The zero-order valence-corrected chi connectivity index (χ0v) is 11.2. The van der Waals surface area contributed by atoms with Crippen LogP contribution in [0.15, 0.2) is 0 Å². The van der Waals surface area contributed by atoms with Gasteiger partial charge in [0.05, 0.1) is 0 Å². The normalized spacial score (nSPS) is 25.4. The molecule has 3 nitrogen and oxygen atoms in total. The molecular formula is C14H26N2O. The Hall–Kier alpha value is -0.570. The third-order valence-corrected chi connectivity index (χ3v) is 4.66. The van der Waals surface area contributed by atoms with E-state index in [1.54, 1.807) is 0 Å². The van der Waals surface area contributed by atoms with Gasteiger partial charge in [-0.3, -0.25) is 4.79 Å². The van der Waals surface area contributed by atoms with Gasteiger partial charge in [0, 0.05) is 25.0 Å². The largest absolute Gasteiger partial charge is 0.343 e. The predicted octanol–water partition coefficient (Wildman–Crippen LogP) is 2.29. The summed E-state index contributed by atoms with van der Waals surface area (Å²) in [5.74, 6) is 0.984. The molecule has 2 rings (SSSR count). The van der Waals surface area contributed by atoms with Gasteiger partial charge in [-0.15, -0.1) is 0 Å². The van der Waals surface area contributed by atoms with Crippen molar-refractivity contribution in [1.29, 1.82) is 0 Å². The second-order valence-corrected chi connectivity index (χ2v) is 6.18. The highest BCUT2D eigenvalue weighted by atomic mass is 16.2. The van der Waals surface area contributed by atoms with E-state index in [4.69, 9.17) is 5.73 Å². The highest BCUT2D eigenvalue weighted by Crippen LogP contribution is 2.35. The molecule has 3 heteroatoms. The van der Waals surface area contributed by atoms with Crippen LogP contribution in [0.4, 0.5) is 0 Å². The van der Waals surface area contributed by atoms with E-state index in [9.17, 15) is 4.79 Å². The maximum absolute atomic E-state index is 12.2. The quantitative estimate of drug-likeness (QED) is 0.817. The van der Waals surface area contributed by atoms with Gasteiger partial charge in [-0.1, -0.05) is 19.3 Å². The van der Waals surface area contributed by atoms with E-state index >= 15 is 0 Å². The zero-order chi connectivity index (χ0) is 12.5. The first-order valence-electron chi connectivity index (χ1n) is 7.06. The summed E-state index contributed by atoms with van der Waals surface area (Å²) in [6, 6.07) is 0.398. The molecule has 2 N–H and O–H groups in total. The minimum Gasteiger partial charge on any atom is -0.343 e. The highest BCUT2D eigenvalue weighted by Gasteiger charge is 2.35. The van der Waals surface area contributed by atoms with E-state index < -0.39 is 0 Å². The lowest BCUT2D eigenvalue weighted by atomic mass is 9.80. The van der Waals surface area contributed by atoms with Gasteiger partial charge in [-0.05, 0) is 38.5 Å². The van der Waals surface area contributed by atoms with E-state index in [2.05, 4.69) is 6.92 Å². The summed E-state index contributed by atoms with van der Waals surface area (Å²) in [7, 11) is 1.94. The van der Waals surface area contributed by atoms with Gasteiger partial charge in [0.25, 0.3) is 0 Å². The standard InChI is InChI=1S/C14H26N2O/c1-11(12-6-7-12)16(2)13(17)10-14(15)8-4-3-5-9-14/h11-12H,3-10,15H2,1-2H3. The van der Waals surface area contributed by atoms with E-state index in [1.807, 2.05) is 11.9 Å². The Morgan fingerprint density at radius 2 is 1.94 bits per heavy atom. The molecule has 1 amide bonds. The molecule has 1 unspecified atom stereocenters. The molecule has 2 fully saturated rings. The van der Waals surface area contributed by atoms with E-state index in [0.29, 0.717) is 12.5 Å². The Bertz CT molecular complexity index is 280. The molecular weight excluding hydrogens is 212 g/mol. The van der Waals surface area contributed by atoms with Gasteiger partial charge in [0.15, 0.2) is 0 Å². The van der Waals surface area contributed by atoms with Crippen LogP contribution in [-0.4, -0.2) is 29.4 Å². The van der Waals surface area contributed by atoms with E-state index in [-0.39, 0.29) is 11.4 Å². The third kappa shape index (κ3) is 3.21. The van der Waals surface area contributed by atoms with Gasteiger partial charge < -0.3 is 10.6 Å². The molecule has 17 heavy (non-hydrogen) atoms. The molecule has 1 atom stereocenters. The van der Waals surface area contributed by atoms with Crippen molar-refractivity contribution in [2.45, 2.75) is 69.9 Å². The molecule has 0 spiro atoms. The zero-order valence-electron chi connectivity index (χ0n) is 11.2. The molecule has 2 saturated carbocycles. The highest BCUT2D eigenvalue weighted by molar-refractivity contribution is 5.77. The van der Waals surface area contributed by atoms with Crippen molar-refractivity contribution in [3.63, 3.8) is 0 Å². The Balaban J connectivity index is 1.86. The van der Waals surface area contributed by atoms with Crippen LogP contribution < -0.4 is 5.73 Å². The Morgan fingerprint density at radius 1 is 1.35 bits per heavy atom. The first-order chi connectivity index (χ1) is 8.02. The SMILES string of the molecule is CC(C1CC1)N(C)C(=O)CC1(N)CCCCC1. The van der Waals surface area contributed by atoms with Crippen molar-refractivity contribution < 1.29 is 4.79 Å². The number of rotatable bonds is 4. The number of carbonyl (C=O) groups excluding carboxylic acids is 1. The molecule has 2 aliphatic carbocycles. The molecule has 0 aromatic heterocycles. The fourth-order valence-electron chi connectivity index (χ4n) is 2.98. The number of nitrogens with zero attached hydrogens (tertiary/aromatic N) is 1. The minimum atomic E-state index is -0.215. The second kappa shape index (κ2) is 4.97. The van der Waals surface area contributed by atoms with Crippen LogP contribution in [0.2, 0.25) is 0 Å². The van der Waals surface area contributed by atoms with Crippen molar-refractivity contribution >= 4 is 5.91 Å². The molecule has 0 aromatic carbocycles. The van der Waals surface area contributed by atoms with Crippen LogP contribution in [-0.2, 0) is 4.79 Å². The smallest absolute Gasteiger partial charge is 0.224 e. The number of carbonyl (C=O) groups is 1. The van der Waals surface area contributed by atoms with Crippen LogP contribution in [0.25, 0.3) is 0 Å². The maximum Gasteiger partial charge on any atom is 0.224 e. The third-order valence-electron chi connectivity index (χ3n) is 4.66. The number of amides is 1. The van der Waals surface area contributed by atoms with E-state index in [1.165, 1.54) is 32.1 Å². The summed E-state index contributed by atoms with van der Waals surface area (Å²) in [6.07, 6.45) is 8.80. The minimum absolute atomic E-state index is 0.215. The lowest BCUT2D eigenvalue weighted by Crippen LogP contribution is -2.48. The van der Waals surface area contributed by atoms with Crippen molar-refractivity contribution in [2.75, 3.05) is 7.05 Å². The summed E-state index contributed by atoms with van der Waals surface area (Å²) in [5, 5.41) is 0. The van der Waals surface area contributed by atoms with Gasteiger partial charge in [0.1, 0.15) is 0 Å². The molecule has 0 radical (unpaired) electrons. The van der Waals surface area contributed by atoms with Crippen LogP contribution in [0.1, 0.15) is 58.3 Å².